The molecule has 1 aromatic rings. The van der Waals surface area contributed by atoms with Gasteiger partial charge in [-0.2, -0.15) is 0 Å². The highest BCUT2D eigenvalue weighted by molar-refractivity contribution is 5.45. The Kier molecular flexibility index (Phi) is 11.1. The third kappa shape index (κ3) is 10.9. The van der Waals surface area contributed by atoms with Crippen molar-refractivity contribution in [2.75, 3.05) is 0 Å². The molecule has 3 atom stereocenters. The summed E-state index contributed by atoms with van der Waals surface area (Å²) in [6.07, 6.45) is 10.8. The second-order valence-electron chi connectivity index (χ2n) is 10.3. The van der Waals surface area contributed by atoms with E-state index in [1.54, 1.807) is 19.1 Å². The van der Waals surface area contributed by atoms with Crippen LogP contribution in [0, 0.1) is 24.7 Å². The van der Waals surface area contributed by atoms with Gasteiger partial charge >= 0.3 is 0 Å². The number of hydrogen-bond donors (Lipinski definition) is 3. The molecule has 168 valence electrons. The van der Waals surface area contributed by atoms with E-state index in [0.717, 1.165) is 24.7 Å². The van der Waals surface area contributed by atoms with Gasteiger partial charge in [0.25, 0.3) is 0 Å². The van der Waals surface area contributed by atoms with Crippen LogP contribution in [-0.4, -0.2) is 20.9 Å². The van der Waals surface area contributed by atoms with Gasteiger partial charge in [-0.1, -0.05) is 66.2 Å². The van der Waals surface area contributed by atoms with Crippen molar-refractivity contribution in [2.24, 2.45) is 17.8 Å². The van der Waals surface area contributed by atoms with Crippen LogP contribution in [0.5, 0.6) is 11.5 Å². The van der Waals surface area contributed by atoms with Crippen molar-refractivity contribution in [2.45, 2.75) is 111 Å². The highest BCUT2D eigenvalue weighted by atomic mass is 16.3. The van der Waals surface area contributed by atoms with Crippen molar-refractivity contribution in [1.82, 2.24) is 0 Å². The van der Waals surface area contributed by atoms with Crippen LogP contribution < -0.4 is 0 Å². The van der Waals surface area contributed by atoms with E-state index < -0.39 is 5.60 Å². The fourth-order valence-corrected chi connectivity index (χ4v) is 4.09. The summed E-state index contributed by atoms with van der Waals surface area (Å²) in [7, 11) is 0. The summed E-state index contributed by atoms with van der Waals surface area (Å²) in [4.78, 5) is 0. The largest absolute Gasteiger partial charge is 0.508 e. The Morgan fingerprint density at radius 1 is 0.828 bits per heavy atom. The number of aromatic hydroxyl groups is 2. The van der Waals surface area contributed by atoms with Crippen LogP contribution in [0.2, 0.25) is 0 Å². The smallest absolute Gasteiger partial charge is 0.121 e. The first-order valence-corrected chi connectivity index (χ1v) is 11.7. The summed E-state index contributed by atoms with van der Waals surface area (Å²) in [5.74, 6) is 2.66. The van der Waals surface area contributed by atoms with E-state index in [0.29, 0.717) is 29.9 Å². The van der Waals surface area contributed by atoms with Gasteiger partial charge in [0.05, 0.1) is 5.60 Å². The Hall–Kier alpha value is -1.22. The van der Waals surface area contributed by atoms with Gasteiger partial charge in [-0.25, -0.2) is 0 Å². The van der Waals surface area contributed by atoms with Gasteiger partial charge in [0.1, 0.15) is 11.5 Å². The highest BCUT2D eigenvalue weighted by Crippen LogP contribution is 2.31. The average Bonchev–Trinajstić information content (AvgIpc) is 2.61. The molecule has 1 unspecified atom stereocenters. The quantitative estimate of drug-likeness (QED) is 0.288. The minimum absolute atomic E-state index is 0.169. The summed E-state index contributed by atoms with van der Waals surface area (Å²) < 4.78 is 0. The number of rotatable bonds is 14. The summed E-state index contributed by atoms with van der Waals surface area (Å²) in [6.45, 7) is 13.0. The Morgan fingerprint density at radius 2 is 1.38 bits per heavy atom. The van der Waals surface area contributed by atoms with E-state index in [-0.39, 0.29) is 11.5 Å². The molecule has 1 aromatic carbocycles. The molecule has 1 rings (SSSR count). The molecule has 3 heteroatoms. The van der Waals surface area contributed by atoms with Gasteiger partial charge in [0.15, 0.2) is 0 Å². The molecule has 0 fully saturated rings. The molecule has 0 bridgehead atoms. The van der Waals surface area contributed by atoms with Crippen molar-refractivity contribution < 1.29 is 15.3 Å². The monoisotopic (exact) mass is 406 g/mol. The minimum Gasteiger partial charge on any atom is -0.508 e. The molecule has 3 N–H and O–H groups in total. The van der Waals surface area contributed by atoms with Crippen LogP contribution in [0.1, 0.15) is 104 Å². The van der Waals surface area contributed by atoms with Gasteiger partial charge in [-0.05, 0) is 80.5 Å². The summed E-state index contributed by atoms with van der Waals surface area (Å²) >= 11 is 0. The Bertz CT molecular complexity index is 592. The maximum atomic E-state index is 10.8. The second-order valence-corrected chi connectivity index (χ2v) is 10.3. The fourth-order valence-electron chi connectivity index (χ4n) is 4.09. The molecule has 0 radical (unpaired) electrons. The molecule has 0 saturated carbocycles. The minimum atomic E-state index is -0.746. The van der Waals surface area contributed by atoms with E-state index in [2.05, 4.69) is 27.7 Å². The Balaban J connectivity index is 2.29. The fraction of sp³-hybridized carbons (Fsp3) is 0.769. The molecule has 0 spiro atoms. The predicted molar refractivity (Wildman–Crippen MR) is 124 cm³/mol. The molecule has 0 aliphatic heterocycles. The maximum absolute atomic E-state index is 10.8. The van der Waals surface area contributed by atoms with E-state index >= 15 is 0 Å². The standard InChI is InChI=1S/C26H46O3/c1-19(2)9-7-10-20(3)11-8-12-21(4)13-15-26(6,29)16-14-23-18-24(27)17-22(5)25(23)28/h17-21,27-29H,7-16H2,1-6H3/t20-,21-,26?/m1/s1. The topological polar surface area (TPSA) is 60.7 Å². The first-order chi connectivity index (χ1) is 13.5. The van der Waals surface area contributed by atoms with Gasteiger partial charge in [0.2, 0.25) is 0 Å². The molecule has 0 aliphatic rings. The lowest BCUT2D eigenvalue weighted by Crippen LogP contribution is -2.25. The number of aryl methyl sites for hydroxylation is 2. The second kappa shape index (κ2) is 12.5. The number of phenolic OH excluding ortho intramolecular Hbond substituents is 2. The van der Waals surface area contributed by atoms with E-state index in [1.165, 1.54) is 38.5 Å². The number of benzene rings is 1. The first kappa shape index (κ1) is 25.8. The van der Waals surface area contributed by atoms with Crippen molar-refractivity contribution in [3.8, 4) is 11.5 Å². The van der Waals surface area contributed by atoms with Crippen LogP contribution in [0.25, 0.3) is 0 Å². The molecule has 29 heavy (non-hydrogen) atoms. The molecule has 0 heterocycles. The van der Waals surface area contributed by atoms with E-state index in [4.69, 9.17) is 0 Å². The van der Waals surface area contributed by atoms with Gasteiger partial charge < -0.3 is 15.3 Å². The Morgan fingerprint density at radius 3 is 1.97 bits per heavy atom. The third-order valence-corrected chi connectivity index (χ3v) is 6.35. The zero-order valence-corrected chi connectivity index (χ0v) is 19.8. The Labute approximate surface area is 179 Å². The van der Waals surface area contributed by atoms with E-state index in [1.807, 2.05) is 6.92 Å². The molecule has 0 aromatic heterocycles. The van der Waals surface area contributed by atoms with Crippen molar-refractivity contribution >= 4 is 0 Å². The number of phenols is 2. The molecular weight excluding hydrogens is 360 g/mol. The van der Waals surface area contributed by atoms with E-state index in [9.17, 15) is 15.3 Å². The van der Waals surface area contributed by atoms with Crippen LogP contribution in [0.4, 0.5) is 0 Å². The lowest BCUT2D eigenvalue weighted by atomic mass is 9.86. The lowest BCUT2D eigenvalue weighted by Gasteiger charge is -2.25. The number of aliphatic hydroxyl groups is 1. The predicted octanol–water partition coefficient (Wildman–Crippen LogP) is 7.14. The van der Waals surface area contributed by atoms with Gasteiger partial charge in [0, 0.05) is 0 Å². The maximum Gasteiger partial charge on any atom is 0.121 e. The summed E-state index contributed by atoms with van der Waals surface area (Å²) in [5, 5.41) is 30.7. The average molecular weight is 407 g/mol. The molecular formula is C26H46O3. The lowest BCUT2D eigenvalue weighted by molar-refractivity contribution is 0.0357. The summed E-state index contributed by atoms with van der Waals surface area (Å²) in [5.41, 5.74) is 0.637. The zero-order valence-electron chi connectivity index (χ0n) is 19.8. The molecule has 0 saturated heterocycles. The normalized spacial score (nSPS) is 16.0. The van der Waals surface area contributed by atoms with Gasteiger partial charge in [-0.15, -0.1) is 0 Å². The summed E-state index contributed by atoms with van der Waals surface area (Å²) in [6, 6.07) is 3.16. The van der Waals surface area contributed by atoms with Crippen LogP contribution >= 0.6 is 0 Å². The van der Waals surface area contributed by atoms with Crippen molar-refractivity contribution in [1.29, 1.82) is 0 Å². The molecule has 0 aliphatic carbocycles. The van der Waals surface area contributed by atoms with Crippen molar-refractivity contribution in [3.05, 3.63) is 23.3 Å². The SMILES string of the molecule is Cc1cc(O)cc(CCC(C)(O)CC[C@H](C)CCC[C@H](C)CCCC(C)C)c1O. The zero-order chi connectivity index (χ0) is 22.0. The third-order valence-electron chi connectivity index (χ3n) is 6.35. The van der Waals surface area contributed by atoms with Gasteiger partial charge in [-0.3, -0.25) is 0 Å². The highest BCUT2D eigenvalue weighted by Gasteiger charge is 2.22. The molecule has 0 amide bonds. The van der Waals surface area contributed by atoms with Crippen molar-refractivity contribution in [3.63, 3.8) is 0 Å². The van der Waals surface area contributed by atoms with Crippen LogP contribution in [0.15, 0.2) is 12.1 Å². The van der Waals surface area contributed by atoms with Crippen LogP contribution in [-0.2, 0) is 6.42 Å². The molecule has 3 nitrogen and oxygen atoms in total. The first-order valence-electron chi connectivity index (χ1n) is 11.7. The number of hydrogen-bond acceptors (Lipinski definition) is 3. The van der Waals surface area contributed by atoms with Crippen LogP contribution in [0.3, 0.4) is 0 Å².